The van der Waals surface area contributed by atoms with E-state index in [1.54, 1.807) is 0 Å². The largest absolute Gasteiger partial charge is 0.472 e. The quantitative estimate of drug-likeness (QED) is 0.0222. The monoisotopic (exact) mass is 1100 g/mol. The molecule has 17 nitrogen and oxygen atoms in total. The summed E-state index contributed by atoms with van der Waals surface area (Å²) in [7, 11) is -9.86. The van der Waals surface area contributed by atoms with Crippen LogP contribution in [0, 0.1) is 11.8 Å². The van der Waals surface area contributed by atoms with Gasteiger partial charge < -0.3 is 33.8 Å². The molecule has 0 fully saturated rings. The number of unbranched alkanes of at least 4 members (excludes halogenated alkanes) is 24. The molecule has 0 aromatic carbocycles. The molecule has 19 heteroatoms. The second-order valence-corrected chi connectivity index (χ2v) is 23.8. The molecule has 0 aliphatic heterocycles. The van der Waals surface area contributed by atoms with Gasteiger partial charge in [0, 0.05) is 25.7 Å². The van der Waals surface area contributed by atoms with Crippen LogP contribution in [0.4, 0.5) is 0 Å². The Balaban J connectivity index is 5.19. The molecule has 0 aromatic rings. The van der Waals surface area contributed by atoms with Crippen molar-refractivity contribution in [3.05, 3.63) is 0 Å². The van der Waals surface area contributed by atoms with Crippen molar-refractivity contribution in [2.75, 3.05) is 39.6 Å². The van der Waals surface area contributed by atoms with Crippen LogP contribution < -0.4 is 0 Å². The fourth-order valence-electron chi connectivity index (χ4n) is 7.94. The summed E-state index contributed by atoms with van der Waals surface area (Å²) >= 11 is 0. The lowest BCUT2D eigenvalue weighted by Crippen LogP contribution is -2.30. The zero-order valence-electron chi connectivity index (χ0n) is 47.1. The van der Waals surface area contributed by atoms with Gasteiger partial charge in [-0.05, 0) is 37.5 Å². The highest BCUT2D eigenvalue weighted by molar-refractivity contribution is 7.47. The predicted molar refractivity (Wildman–Crippen MR) is 289 cm³/mol. The molecule has 0 spiro atoms. The predicted octanol–water partition coefficient (Wildman–Crippen LogP) is 14.1. The van der Waals surface area contributed by atoms with Crippen LogP contribution in [0.3, 0.4) is 0 Å². The summed E-state index contributed by atoms with van der Waals surface area (Å²) < 4.78 is 67.3. The highest BCUT2D eigenvalue weighted by Gasteiger charge is 2.30. The molecule has 0 aliphatic carbocycles. The molecule has 0 aliphatic rings. The van der Waals surface area contributed by atoms with Gasteiger partial charge >= 0.3 is 39.5 Å². The summed E-state index contributed by atoms with van der Waals surface area (Å²) in [4.78, 5) is 71.4. The highest BCUT2D eigenvalue weighted by atomic mass is 31.2. The Bertz CT molecular complexity index is 1480. The van der Waals surface area contributed by atoms with Crippen LogP contribution in [-0.4, -0.2) is 96.7 Å². The standard InChI is InChI=1S/C55H106O17P2/c1-7-9-11-13-14-15-19-27-33-39-54(59)71-50(43-65-52(57)37-31-23-12-10-8-2)45-69-73(61,62)67-41-49(56)42-68-74(63,64)70-46-51(44-66-53(58)38-32-26-22-21-25-30-36-48(5)6)72-55(60)40-34-28-20-17-16-18-24-29-35-47(3)4/h47-51,56H,7-46H2,1-6H3,(H,61,62)(H,63,64)/t49-,50+,51+/m0/s1. The third-order valence-corrected chi connectivity index (χ3v) is 14.4. The average Bonchev–Trinajstić information content (AvgIpc) is 3.35. The molecule has 2 unspecified atom stereocenters. The lowest BCUT2D eigenvalue weighted by molar-refractivity contribution is -0.161. The van der Waals surface area contributed by atoms with Crippen LogP contribution in [-0.2, 0) is 65.4 Å². The minimum atomic E-state index is -4.93. The number of phosphoric ester groups is 2. The Morgan fingerprint density at radius 2 is 0.622 bits per heavy atom. The first kappa shape index (κ1) is 72.1. The van der Waals surface area contributed by atoms with Crippen molar-refractivity contribution in [1.29, 1.82) is 0 Å². The second kappa shape index (κ2) is 48.2. The minimum absolute atomic E-state index is 0.103. The number of aliphatic hydroxyl groups excluding tert-OH is 1. The van der Waals surface area contributed by atoms with Gasteiger partial charge in [0.05, 0.1) is 26.4 Å². The second-order valence-electron chi connectivity index (χ2n) is 20.9. The molecule has 0 radical (unpaired) electrons. The molecular formula is C55H106O17P2. The number of ether oxygens (including phenoxy) is 4. The number of hydrogen-bond donors (Lipinski definition) is 3. The van der Waals surface area contributed by atoms with E-state index in [-0.39, 0.29) is 25.7 Å². The summed E-state index contributed by atoms with van der Waals surface area (Å²) in [5.41, 5.74) is 0. The molecule has 438 valence electrons. The van der Waals surface area contributed by atoms with E-state index in [0.29, 0.717) is 31.6 Å². The van der Waals surface area contributed by atoms with E-state index in [0.717, 1.165) is 109 Å². The zero-order chi connectivity index (χ0) is 55.1. The van der Waals surface area contributed by atoms with Gasteiger partial charge in [0.2, 0.25) is 0 Å². The average molecular weight is 1100 g/mol. The minimum Gasteiger partial charge on any atom is -0.462 e. The van der Waals surface area contributed by atoms with Gasteiger partial charge in [-0.3, -0.25) is 37.3 Å². The van der Waals surface area contributed by atoms with E-state index in [9.17, 15) is 43.2 Å². The Morgan fingerprint density at radius 1 is 0.365 bits per heavy atom. The first-order valence-corrected chi connectivity index (χ1v) is 32.0. The molecule has 0 bridgehead atoms. The van der Waals surface area contributed by atoms with Crippen molar-refractivity contribution in [2.24, 2.45) is 11.8 Å². The molecule has 3 N–H and O–H groups in total. The maximum Gasteiger partial charge on any atom is 0.472 e. The highest BCUT2D eigenvalue weighted by Crippen LogP contribution is 2.45. The fourth-order valence-corrected chi connectivity index (χ4v) is 9.52. The summed E-state index contributed by atoms with van der Waals surface area (Å²) in [6, 6.07) is 0. The maximum atomic E-state index is 12.9. The summed E-state index contributed by atoms with van der Waals surface area (Å²) in [5, 5.41) is 10.4. The molecule has 0 aromatic heterocycles. The van der Waals surface area contributed by atoms with Gasteiger partial charge in [-0.15, -0.1) is 0 Å². The lowest BCUT2D eigenvalue weighted by Gasteiger charge is -2.21. The molecular weight excluding hydrogens is 995 g/mol. The smallest absolute Gasteiger partial charge is 0.462 e. The number of carbonyl (C=O) groups is 4. The van der Waals surface area contributed by atoms with Gasteiger partial charge in [0.1, 0.15) is 19.3 Å². The number of carbonyl (C=O) groups excluding carboxylic acids is 4. The third kappa shape index (κ3) is 49.6. The Hall–Kier alpha value is -1.94. The third-order valence-electron chi connectivity index (χ3n) is 12.5. The van der Waals surface area contributed by atoms with Gasteiger partial charge in [-0.2, -0.15) is 0 Å². The van der Waals surface area contributed by atoms with Crippen LogP contribution in [0.5, 0.6) is 0 Å². The Kier molecular flexibility index (Phi) is 46.9. The van der Waals surface area contributed by atoms with Crippen LogP contribution >= 0.6 is 15.6 Å². The van der Waals surface area contributed by atoms with E-state index in [1.165, 1.54) is 64.2 Å². The first-order chi connectivity index (χ1) is 35.4. The van der Waals surface area contributed by atoms with Crippen molar-refractivity contribution in [3.8, 4) is 0 Å². The Morgan fingerprint density at radius 3 is 0.919 bits per heavy atom. The fraction of sp³-hybridized carbons (Fsp3) is 0.927. The zero-order valence-corrected chi connectivity index (χ0v) is 48.9. The maximum absolute atomic E-state index is 12.9. The van der Waals surface area contributed by atoms with Gasteiger partial charge in [0.25, 0.3) is 0 Å². The van der Waals surface area contributed by atoms with Crippen molar-refractivity contribution in [1.82, 2.24) is 0 Å². The molecule has 0 heterocycles. The number of hydrogen-bond acceptors (Lipinski definition) is 15. The summed E-state index contributed by atoms with van der Waals surface area (Å²) in [6.07, 6.45) is 27.2. The van der Waals surface area contributed by atoms with E-state index < -0.39 is 97.5 Å². The molecule has 0 amide bonds. The summed E-state index contributed by atoms with van der Waals surface area (Å²) in [6.45, 7) is 9.19. The first-order valence-electron chi connectivity index (χ1n) is 29.0. The van der Waals surface area contributed by atoms with Gasteiger partial charge in [-0.25, -0.2) is 9.13 Å². The van der Waals surface area contributed by atoms with Crippen LogP contribution in [0.2, 0.25) is 0 Å². The van der Waals surface area contributed by atoms with Crippen LogP contribution in [0.1, 0.15) is 260 Å². The van der Waals surface area contributed by atoms with Crippen molar-refractivity contribution < 1.29 is 80.2 Å². The van der Waals surface area contributed by atoms with Crippen molar-refractivity contribution in [3.63, 3.8) is 0 Å². The summed E-state index contributed by atoms with van der Waals surface area (Å²) in [5.74, 6) is -0.765. The Labute approximate surface area is 447 Å². The topological polar surface area (TPSA) is 237 Å². The van der Waals surface area contributed by atoms with E-state index >= 15 is 0 Å². The molecule has 0 saturated carbocycles. The normalized spacial score (nSPS) is 14.6. The number of aliphatic hydroxyl groups is 1. The van der Waals surface area contributed by atoms with E-state index in [4.69, 9.17) is 37.0 Å². The number of esters is 4. The SMILES string of the molecule is CCCCCCCCCCCC(=O)O[C@H](COC(=O)CCCCCCC)COP(=O)(O)OC[C@H](O)COP(=O)(O)OC[C@@H](COC(=O)CCCCCCCCC(C)C)OC(=O)CCCCCCCCCCC(C)C. The molecule has 0 saturated heterocycles. The van der Waals surface area contributed by atoms with Crippen LogP contribution in [0.25, 0.3) is 0 Å². The molecule has 74 heavy (non-hydrogen) atoms. The molecule has 5 atom stereocenters. The van der Waals surface area contributed by atoms with E-state index in [1.807, 2.05) is 0 Å². The lowest BCUT2D eigenvalue weighted by atomic mass is 10.0. The van der Waals surface area contributed by atoms with Gasteiger partial charge in [-0.1, -0.05) is 208 Å². The number of rotatable bonds is 54. The van der Waals surface area contributed by atoms with Crippen LogP contribution in [0.15, 0.2) is 0 Å². The number of phosphoric acid groups is 2. The van der Waals surface area contributed by atoms with Crippen molar-refractivity contribution >= 4 is 39.5 Å². The van der Waals surface area contributed by atoms with Gasteiger partial charge in [0.15, 0.2) is 12.2 Å². The molecule has 0 rings (SSSR count). The van der Waals surface area contributed by atoms with E-state index in [2.05, 4.69) is 41.5 Å². The van der Waals surface area contributed by atoms with Crippen molar-refractivity contribution in [2.45, 2.75) is 278 Å².